The highest BCUT2D eigenvalue weighted by atomic mass is 16.5. The smallest absolute Gasteiger partial charge is 0.122 e. The quantitative estimate of drug-likeness (QED) is 0.741. The maximum Gasteiger partial charge on any atom is 0.122 e. The number of benzene rings is 2. The van der Waals surface area contributed by atoms with Crippen molar-refractivity contribution in [3.05, 3.63) is 65.2 Å². The van der Waals surface area contributed by atoms with E-state index in [-0.39, 0.29) is 0 Å². The van der Waals surface area contributed by atoms with Gasteiger partial charge in [-0.15, -0.1) is 0 Å². The van der Waals surface area contributed by atoms with E-state index in [4.69, 9.17) is 4.74 Å². The van der Waals surface area contributed by atoms with Crippen molar-refractivity contribution in [2.24, 2.45) is 0 Å². The van der Waals surface area contributed by atoms with Crippen LogP contribution in [0, 0.1) is 0 Å². The molecule has 0 saturated heterocycles. The molecule has 0 heterocycles. The van der Waals surface area contributed by atoms with Crippen LogP contribution in [0.2, 0.25) is 0 Å². The second-order valence-electron chi connectivity index (χ2n) is 4.88. The minimum absolute atomic E-state index is 1.02. The first-order chi connectivity index (χ1) is 9.33. The Balaban J connectivity index is 2.06. The monoisotopic (exact) mass is 254 g/mol. The Kier molecular flexibility index (Phi) is 5.02. The Morgan fingerprint density at radius 1 is 0.842 bits per heavy atom. The fraction of sp³-hybridized carbons (Fsp3) is 0.333. The average Bonchev–Trinajstić information content (AvgIpc) is 2.47. The summed E-state index contributed by atoms with van der Waals surface area (Å²) in [6.45, 7) is 2.20. The molecule has 0 atom stereocenters. The number of rotatable bonds is 6. The van der Waals surface area contributed by atoms with Crippen molar-refractivity contribution in [3.63, 3.8) is 0 Å². The van der Waals surface area contributed by atoms with Crippen LogP contribution >= 0.6 is 0 Å². The number of hydrogen-bond acceptors (Lipinski definition) is 1. The van der Waals surface area contributed by atoms with Gasteiger partial charge in [0.25, 0.3) is 0 Å². The van der Waals surface area contributed by atoms with E-state index < -0.39 is 0 Å². The zero-order chi connectivity index (χ0) is 13.5. The van der Waals surface area contributed by atoms with Crippen molar-refractivity contribution in [1.82, 2.24) is 0 Å². The summed E-state index contributed by atoms with van der Waals surface area (Å²) in [5.74, 6) is 1.02. The van der Waals surface area contributed by atoms with Crippen LogP contribution in [0.15, 0.2) is 48.5 Å². The molecule has 0 saturated carbocycles. The van der Waals surface area contributed by atoms with Crippen LogP contribution in [0.1, 0.15) is 30.0 Å². The molecule has 1 nitrogen and oxygen atoms in total. The molecule has 1 heteroatoms. The van der Waals surface area contributed by atoms with E-state index in [0.29, 0.717) is 0 Å². The second-order valence-corrected chi connectivity index (χ2v) is 4.88. The number of aryl methyl sites for hydroxylation is 3. The maximum absolute atomic E-state index is 5.42. The zero-order valence-electron chi connectivity index (χ0n) is 11.9. The standard InChI is InChI=1S/C18H22O/c1-3-7-17-14-16(12-13-18(17)19-2)11-10-15-8-5-4-6-9-15/h4-6,8-9,12-14H,3,7,10-11H2,1-2H3. The third-order valence-electron chi connectivity index (χ3n) is 3.41. The Morgan fingerprint density at radius 2 is 1.58 bits per heavy atom. The Morgan fingerprint density at radius 3 is 2.26 bits per heavy atom. The first-order valence-electron chi connectivity index (χ1n) is 7.03. The highest BCUT2D eigenvalue weighted by Crippen LogP contribution is 2.22. The molecule has 0 fully saturated rings. The van der Waals surface area contributed by atoms with Gasteiger partial charge in [-0.05, 0) is 42.0 Å². The van der Waals surface area contributed by atoms with E-state index >= 15 is 0 Å². The van der Waals surface area contributed by atoms with Crippen molar-refractivity contribution in [1.29, 1.82) is 0 Å². The van der Waals surface area contributed by atoms with Gasteiger partial charge in [0.2, 0.25) is 0 Å². The van der Waals surface area contributed by atoms with Crippen molar-refractivity contribution < 1.29 is 4.74 Å². The molecule has 0 amide bonds. The molecule has 0 spiro atoms. The lowest BCUT2D eigenvalue weighted by molar-refractivity contribution is 0.409. The normalized spacial score (nSPS) is 10.4. The molecule has 0 radical (unpaired) electrons. The first-order valence-corrected chi connectivity index (χ1v) is 7.03. The summed E-state index contributed by atoms with van der Waals surface area (Å²) in [6.07, 6.45) is 4.42. The van der Waals surface area contributed by atoms with E-state index in [2.05, 4.69) is 55.5 Å². The topological polar surface area (TPSA) is 9.23 Å². The minimum Gasteiger partial charge on any atom is -0.496 e. The molecule has 19 heavy (non-hydrogen) atoms. The summed E-state index contributed by atoms with van der Waals surface area (Å²) >= 11 is 0. The van der Waals surface area contributed by atoms with Crippen molar-refractivity contribution in [3.8, 4) is 5.75 Å². The van der Waals surface area contributed by atoms with E-state index in [1.54, 1.807) is 7.11 Å². The molecule has 0 aliphatic carbocycles. The third kappa shape index (κ3) is 3.85. The van der Waals surface area contributed by atoms with Crippen LogP contribution < -0.4 is 4.74 Å². The third-order valence-corrected chi connectivity index (χ3v) is 3.41. The van der Waals surface area contributed by atoms with Crippen LogP contribution in [0.3, 0.4) is 0 Å². The molecule has 0 N–H and O–H groups in total. The molecule has 2 aromatic rings. The summed E-state index contributed by atoms with van der Waals surface area (Å²) in [7, 11) is 1.75. The largest absolute Gasteiger partial charge is 0.496 e. The van der Waals surface area contributed by atoms with Crippen LogP contribution in [-0.2, 0) is 19.3 Å². The van der Waals surface area contributed by atoms with Gasteiger partial charge in [-0.2, -0.15) is 0 Å². The molecular formula is C18H22O. The Labute approximate surface area is 116 Å². The van der Waals surface area contributed by atoms with Gasteiger partial charge in [0.15, 0.2) is 0 Å². The fourth-order valence-corrected chi connectivity index (χ4v) is 2.39. The lowest BCUT2D eigenvalue weighted by atomic mass is 10.0. The number of ether oxygens (including phenoxy) is 1. The second kappa shape index (κ2) is 6.98. The highest BCUT2D eigenvalue weighted by Gasteiger charge is 2.04. The molecular weight excluding hydrogens is 232 g/mol. The van der Waals surface area contributed by atoms with Crippen LogP contribution in [0.25, 0.3) is 0 Å². The van der Waals surface area contributed by atoms with E-state index in [9.17, 15) is 0 Å². The summed E-state index contributed by atoms with van der Waals surface area (Å²) in [5, 5.41) is 0. The summed E-state index contributed by atoms with van der Waals surface area (Å²) < 4.78 is 5.42. The summed E-state index contributed by atoms with van der Waals surface area (Å²) in [5.41, 5.74) is 4.12. The van der Waals surface area contributed by atoms with Gasteiger partial charge >= 0.3 is 0 Å². The predicted octanol–water partition coefficient (Wildman–Crippen LogP) is 4.43. The zero-order valence-corrected chi connectivity index (χ0v) is 11.9. The maximum atomic E-state index is 5.42. The van der Waals surface area contributed by atoms with Crippen molar-refractivity contribution in [2.45, 2.75) is 32.6 Å². The molecule has 0 aliphatic rings. The summed E-state index contributed by atoms with van der Waals surface area (Å²) in [4.78, 5) is 0. The lowest BCUT2D eigenvalue weighted by Crippen LogP contribution is -1.96. The van der Waals surface area contributed by atoms with E-state index in [1.807, 2.05) is 0 Å². The Bertz CT molecular complexity index is 502. The Hall–Kier alpha value is -1.76. The molecule has 0 unspecified atom stereocenters. The van der Waals surface area contributed by atoms with Gasteiger partial charge in [0.1, 0.15) is 5.75 Å². The molecule has 2 aromatic carbocycles. The van der Waals surface area contributed by atoms with Gasteiger partial charge in [0.05, 0.1) is 7.11 Å². The average molecular weight is 254 g/mol. The van der Waals surface area contributed by atoms with Gasteiger partial charge in [-0.1, -0.05) is 55.8 Å². The molecule has 100 valence electrons. The SMILES string of the molecule is CCCc1cc(CCc2ccccc2)ccc1OC. The highest BCUT2D eigenvalue weighted by molar-refractivity contribution is 5.37. The van der Waals surface area contributed by atoms with Crippen LogP contribution in [0.4, 0.5) is 0 Å². The fourth-order valence-electron chi connectivity index (χ4n) is 2.39. The lowest BCUT2D eigenvalue weighted by Gasteiger charge is -2.10. The summed E-state index contributed by atoms with van der Waals surface area (Å²) in [6, 6.07) is 17.2. The van der Waals surface area contributed by atoms with Crippen molar-refractivity contribution in [2.75, 3.05) is 7.11 Å². The molecule has 0 bridgehead atoms. The molecule has 0 aliphatic heterocycles. The number of hydrogen-bond donors (Lipinski definition) is 0. The van der Waals surface area contributed by atoms with Gasteiger partial charge < -0.3 is 4.74 Å². The molecule has 2 rings (SSSR count). The first kappa shape index (κ1) is 13.7. The van der Waals surface area contributed by atoms with Gasteiger partial charge in [0, 0.05) is 0 Å². The van der Waals surface area contributed by atoms with E-state index in [0.717, 1.165) is 31.4 Å². The van der Waals surface area contributed by atoms with Crippen LogP contribution in [0.5, 0.6) is 5.75 Å². The minimum atomic E-state index is 1.02. The van der Waals surface area contributed by atoms with Crippen LogP contribution in [-0.4, -0.2) is 7.11 Å². The number of methoxy groups -OCH3 is 1. The van der Waals surface area contributed by atoms with E-state index in [1.165, 1.54) is 16.7 Å². The molecule has 0 aromatic heterocycles. The van der Waals surface area contributed by atoms with Gasteiger partial charge in [-0.3, -0.25) is 0 Å². The van der Waals surface area contributed by atoms with Gasteiger partial charge in [-0.25, -0.2) is 0 Å². The predicted molar refractivity (Wildman–Crippen MR) is 80.8 cm³/mol. The van der Waals surface area contributed by atoms with Crippen molar-refractivity contribution >= 4 is 0 Å².